The Hall–Kier alpha value is -11.9. The van der Waals surface area contributed by atoms with Crippen LogP contribution in [0.2, 0.25) is 0 Å². The van der Waals surface area contributed by atoms with Crippen molar-refractivity contribution in [3.63, 3.8) is 0 Å². The lowest BCUT2D eigenvalue weighted by atomic mass is 10.1. The van der Waals surface area contributed by atoms with E-state index in [0.29, 0.717) is 0 Å². The number of hydrogen-bond donors (Lipinski definition) is 0. The van der Waals surface area contributed by atoms with Crippen LogP contribution in [0, 0.1) is 0 Å². The third kappa shape index (κ3) is 7.02. The highest BCUT2D eigenvalue weighted by Gasteiger charge is 2.41. The molecule has 0 aliphatic carbocycles. The van der Waals surface area contributed by atoms with Crippen molar-refractivity contribution in [2.45, 2.75) is 0 Å². The number of imidazole rings is 4. The Balaban J connectivity index is 0.944. The molecule has 89 heavy (non-hydrogen) atoms. The lowest BCUT2D eigenvalue weighted by molar-refractivity contribution is 1.02. The van der Waals surface area contributed by atoms with Gasteiger partial charge in [-0.25, -0.2) is 15.0 Å². The van der Waals surface area contributed by atoms with Gasteiger partial charge in [-0.05, 0) is 129 Å². The molecule has 9 nitrogen and oxygen atoms in total. The van der Waals surface area contributed by atoms with Crippen molar-refractivity contribution in [2.24, 2.45) is 0 Å². The van der Waals surface area contributed by atoms with Crippen molar-refractivity contribution in [1.29, 1.82) is 0 Å². The molecule has 7 aromatic heterocycles. The minimum atomic E-state index is -2.97. The molecule has 0 saturated carbocycles. The average molecular weight is 1150 g/mol. The van der Waals surface area contributed by atoms with Gasteiger partial charge in [-0.2, -0.15) is 0 Å². The fraction of sp³-hybridized carbons (Fsp3) is 0. The lowest BCUT2D eigenvalue weighted by Crippen LogP contribution is -2.74. The van der Waals surface area contributed by atoms with Crippen LogP contribution in [0.5, 0.6) is 0 Å². The molecule has 10 heteroatoms. The van der Waals surface area contributed by atoms with Gasteiger partial charge in [0.2, 0.25) is 11.6 Å². The van der Waals surface area contributed by atoms with Crippen LogP contribution in [0.25, 0.3) is 133 Å². The summed E-state index contributed by atoms with van der Waals surface area (Å²) in [6.45, 7) is 0. The maximum Gasteiger partial charge on any atom is 0.220 e. The van der Waals surface area contributed by atoms with E-state index in [0.717, 1.165) is 133 Å². The third-order valence-corrected chi connectivity index (χ3v) is 23.3. The predicted molar refractivity (Wildman–Crippen MR) is 368 cm³/mol. The van der Waals surface area contributed by atoms with Crippen LogP contribution in [0.15, 0.2) is 309 Å². The van der Waals surface area contributed by atoms with Gasteiger partial charge in [0.15, 0.2) is 8.07 Å². The molecule has 0 fully saturated rings. The first kappa shape index (κ1) is 49.4. The maximum absolute atomic E-state index is 6.04. The molecule has 0 aliphatic rings. The van der Waals surface area contributed by atoms with Crippen molar-refractivity contribution in [2.75, 3.05) is 0 Å². The topological polar surface area (TPSA) is 67.2 Å². The molecular formula is C79H51N9Si. The fourth-order valence-corrected chi connectivity index (χ4v) is 19.7. The number of pyridine rings is 1. The van der Waals surface area contributed by atoms with Gasteiger partial charge >= 0.3 is 0 Å². The first-order chi connectivity index (χ1) is 44.2. The highest BCUT2D eigenvalue weighted by Crippen LogP contribution is 2.42. The van der Waals surface area contributed by atoms with Crippen LogP contribution in [0.3, 0.4) is 0 Å². The molecule has 0 aliphatic heterocycles. The van der Waals surface area contributed by atoms with Gasteiger partial charge in [0, 0.05) is 32.9 Å². The van der Waals surface area contributed by atoms with Crippen molar-refractivity contribution < 1.29 is 0 Å². The predicted octanol–water partition coefficient (Wildman–Crippen LogP) is 15.8. The summed E-state index contributed by atoms with van der Waals surface area (Å²) >= 11 is 0. The van der Waals surface area contributed by atoms with Gasteiger partial charge in [0.25, 0.3) is 0 Å². The summed E-state index contributed by atoms with van der Waals surface area (Å²) < 4.78 is 14.0. The quantitative estimate of drug-likeness (QED) is 0.107. The van der Waals surface area contributed by atoms with Gasteiger partial charge < -0.3 is 0 Å². The Morgan fingerprint density at radius 2 is 0.607 bits per heavy atom. The highest BCUT2D eigenvalue weighted by molar-refractivity contribution is 7.20. The summed E-state index contributed by atoms with van der Waals surface area (Å²) in [7, 11) is -2.97. The fourth-order valence-electron chi connectivity index (χ4n) is 14.9. The van der Waals surface area contributed by atoms with Gasteiger partial charge in [-0.15, -0.1) is 0 Å². The van der Waals surface area contributed by atoms with Gasteiger partial charge in [-0.1, -0.05) is 212 Å². The molecule has 0 amide bonds. The van der Waals surface area contributed by atoms with Crippen molar-refractivity contribution in [1.82, 2.24) is 42.0 Å². The molecule has 0 N–H and O–H groups in total. The summed E-state index contributed by atoms with van der Waals surface area (Å²) in [5.74, 6) is 3.21. The van der Waals surface area contributed by atoms with Crippen LogP contribution in [-0.4, -0.2) is 50.1 Å². The SMILES string of the molecule is c1ccc(-n2c3ccccc3n3c4ccc5c6ccccc6n(-c6cc(-c7cccc([Si](c8ccccc8)(c8ccccc8)c8ccccc8)c7)cc(-n7c8ccccc8c8ccc9c(nc%10n(-c%11ccccc%11)c%11ccccc%11n9%10)c87)n6)c5c4nc23)cc1. The molecule has 0 atom stereocenters. The largest absolute Gasteiger partial charge is 0.291 e. The lowest BCUT2D eigenvalue weighted by Gasteiger charge is -2.34. The van der Waals surface area contributed by atoms with E-state index in [4.69, 9.17) is 15.0 Å². The van der Waals surface area contributed by atoms with E-state index < -0.39 is 8.07 Å². The van der Waals surface area contributed by atoms with Crippen LogP contribution in [0.4, 0.5) is 0 Å². The smallest absolute Gasteiger partial charge is 0.220 e. The molecule has 19 aromatic rings. The second-order valence-electron chi connectivity index (χ2n) is 23.2. The Morgan fingerprint density at radius 1 is 0.236 bits per heavy atom. The molecule has 0 saturated heterocycles. The number of para-hydroxylation sites is 8. The van der Waals surface area contributed by atoms with E-state index in [-0.39, 0.29) is 0 Å². The zero-order valence-electron chi connectivity index (χ0n) is 48.0. The molecule has 0 unspecified atom stereocenters. The van der Waals surface area contributed by atoms with Crippen LogP contribution in [-0.2, 0) is 0 Å². The van der Waals surface area contributed by atoms with Gasteiger partial charge in [0.1, 0.15) is 22.7 Å². The van der Waals surface area contributed by atoms with Gasteiger partial charge in [0.05, 0.1) is 55.2 Å². The number of hydrogen-bond acceptors (Lipinski definition) is 3. The number of fused-ring (bicyclic) bond motifs is 18. The second-order valence-corrected chi connectivity index (χ2v) is 27.0. The Bertz CT molecular complexity index is 5650. The molecule has 0 radical (unpaired) electrons. The summed E-state index contributed by atoms with van der Waals surface area (Å²) in [6, 6.07) is 113. The Labute approximate surface area is 510 Å². The molecule has 0 bridgehead atoms. The minimum Gasteiger partial charge on any atom is -0.291 e. The van der Waals surface area contributed by atoms with E-state index in [1.807, 2.05) is 0 Å². The second kappa shape index (κ2) is 19.1. The van der Waals surface area contributed by atoms with Crippen molar-refractivity contribution >= 4 is 128 Å². The maximum atomic E-state index is 6.04. The Kier molecular flexibility index (Phi) is 10.6. The van der Waals surface area contributed by atoms with Crippen molar-refractivity contribution in [3.05, 3.63) is 309 Å². The summed E-state index contributed by atoms with van der Waals surface area (Å²) in [6.07, 6.45) is 0. The van der Waals surface area contributed by atoms with E-state index in [9.17, 15) is 0 Å². The molecule has 12 aromatic carbocycles. The van der Waals surface area contributed by atoms with E-state index in [2.05, 4.69) is 336 Å². The summed E-state index contributed by atoms with van der Waals surface area (Å²) in [5.41, 5.74) is 16.4. The number of nitrogens with zero attached hydrogens (tertiary/aromatic N) is 9. The third-order valence-electron chi connectivity index (χ3n) is 18.5. The minimum absolute atomic E-state index is 0.766. The molecular weight excluding hydrogens is 1100 g/mol. The molecule has 416 valence electrons. The van der Waals surface area contributed by atoms with Gasteiger partial charge in [-0.3, -0.25) is 27.1 Å². The first-order valence-electron chi connectivity index (χ1n) is 30.3. The normalized spacial score (nSPS) is 12.3. The zero-order valence-corrected chi connectivity index (χ0v) is 49.0. The van der Waals surface area contributed by atoms with Crippen LogP contribution in [0.1, 0.15) is 0 Å². The molecule has 19 rings (SSSR count). The van der Waals surface area contributed by atoms with Crippen LogP contribution < -0.4 is 20.7 Å². The van der Waals surface area contributed by atoms with E-state index in [1.54, 1.807) is 0 Å². The highest BCUT2D eigenvalue weighted by atomic mass is 28.3. The van der Waals surface area contributed by atoms with E-state index >= 15 is 0 Å². The zero-order chi connectivity index (χ0) is 58.3. The standard InChI is InChI=1S/C79H51N9Si/c1-6-26-54(27-7-1)83-66-41-20-22-43-68(66)85-70-47-45-62-60-37-16-18-39-64(60)87(76(62)74(70)81-78(83)85)72-50-53(52-25-24-36-59(49-52)89(56-30-10-3-11-31-56,57-32-12-4-13-33-57)58-34-14-5-15-35-58)51-73(80-72)88-65-40-19-17-38-61(65)63-46-48-71-75(77(63)88)82-79-84(55-28-8-2-9-29-55)67-42-21-23-44-69(67)86(71)79/h1-51H. The summed E-state index contributed by atoms with van der Waals surface area (Å²) in [5, 5.41) is 9.65. The Morgan fingerprint density at radius 3 is 1.04 bits per heavy atom. The number of benzene rings is 12. The van der Waals surface area contributed by atoms with Crippen molar-refractivity contribution in [3.8, 4) is 34.1 Å². The molecule has 0 spiro atoms. The van der Waals surface area contributed by atoms with Crippen LogP contribution >= 0.6 is 0 Å². The average Bonchev–Trinajstić information content (AvgIpc) is 1.60. The monoisotopic (exact) mass is 1150 g/mol. The summed E-state index contributed by atoms with van der Waals surface area (Å²) in [4.78, 5) is 17.6. The number of rotatable bonds is 9. The molecule has 7 heterocycles. The van der Waals surface area contributed by atoms with E-state index in [1.165, 1.54) is 20.7 Å². The number of aromatic nitrogens is 9. The first-order valence-corrected chi connectivity index (χ1v) is 32.3.